The van der Waals surface area contributed by atoms with Crippen LogP contribution in [0.4, 0.5) is 4.39 Å². The van der Waals surface area contributed by atoms with Gasteiger partial charge in [0.1, 0.15) is 11.6 Å². The first-order valence-electron chi connectivity index (χ1n) is 4.14. The van der Waals surface area contributed by atoms with Gasteiger partial charge in [-0.1, -0.05) is 12.2 Å². The predicted molar refractivity (Wildman–Crippen MR) is 52.2 cm³/mol. The number of allylic oxidation sites excluding steroid dienone is 1. The van der Waals surface area contributed by atoms with E-state index >= 15 is 0 Å². The van der Waals surface area contributed by atoms with Gasteiger partial charge in [0, 0.05) is 6.07 Å². The van der Waals surface area contributed by atoms with E-state index in [1.807, 2.05) is 6.07 Å². The minimum Gasteiger partial charge on any atom is -0.497 e. The van der Waals surface area contributed by atoms with Gasteiger partial charge in [0.25, 0.3) is 0 Å². The Bertz CT molecular complexity index is 379. The van der Waals surface area contributed by atoms with Crippen LogP contribution >= 0.6 is 0 Å². The van der Waals surface area contributed by atoms with Crippen molar-refractivity contribution in [2.45, 2.75) is 6.42 Å². The van der Waals surface area contributed by atoms with Gasteiger partial charge in [-0.15, -0.1) is 0 Å². The highest BCUT2D eigenvalue weighted by atomic mass is 19.1. The van der Waals surface area contributed by atoms with Crippen molar-refractivity contribution in [3.05, 3.63) is 35.7 Å². The molecule has 0 saturated heterocycles. The van der Waals surface area contributed by atoms with Crippen LogP contribution in [0.1, 0.15) is 12.0 Å². The van der Waals surface area contributed by atoms with Crippen LogP contribution in [0.15, 0.2) is 24.3 Å². The van der Waals surface area contributed by atoms with E-state index in [4.69, 9.17) is 10.00 Å². The van der Waals surface area contributed by atoms with E-state index in [1.165, 1.54) is 19.2 Å². The van der Waals surface area contributed by atoms with Gasteiger partial charge in [-0.2, -0.15) is 5.26 Å². The lowest BCUT2D eigenvalue weighted by Crippen LogP contribution is -1.85. The number of nitrogens with zero attached hydrogens (tertiary/aromatic N) is 1. The van der Waals surface area contributed by atoms with Gasteiger partial charge >= 0.3 is 0 Å². The SMILES string of the molecule is COc1cc(F)cc(C=CCC#N)c1. The zero-order valence-electron chi connectivity index (χ0n) is 7.83. The molecule has 1 rings (SSSR count). The smallest absolute Gasteiger partial charge is 0.127 e. The summed E-state index contributed by atoms with van der Waals surface area (Å²) in [5.74, 6) is 0.127. The van der Waals surface area contributed by atoms with Crippen molar-refractivity contribution in [2.24, 2.45) is 0 Å². The number of hydrogen-bond acceptors (Lipinski definition) is 2. The maximum atomic E-state index is 12.9. The first kappa shape index (κ1) is 10.3. The van der Waals surface area contributed by atoms with Gasteiger partial charge in [-0.25, -0.2) is 4.39 Å². The second kappa shape index (κ2) is 5.03. The van der Waals surface area contributed by atoms with Crippen molar-refractivity contribution in [1.29, 1.82) is 5.26 Å². The fourth-order valence-corrected chi connectivity index (χ4v) is 1.05. The zero-order chi connectivity index (χ0) is 10.4. The van der Waals surface area contributed by atoms with Gasteiger partial charge < -0.3 is 4.74 Å². The largest absolute Gasteiger partial charge is 0.497 e. The van der Waals surface area contributed by atoms with Crippen molar-refractivity contribution < 1.29 is 9.13 Å². The van der Waals surface area contributed by atoms with E-state index in [-0.39, 0.29) is 5.82 Å². The number of benzene rings is 1. The molecule has 0 radical (unpaired) electrons. The third-order valence-electron chi connectivity index (χ3n) is 1.65. The number of halogens is 1. The Labute approximate surface area is 82.2 Å². The number of ether oxygens (including phenoxy) is 1. The molecule has 0 aromatic heterocycles. The summed E-state index contributed by atoms with van der Waals surface area (Å²) in [6.45, 7) is 0. The third-order valence-corrected chi connectivity index (χ3v) is 1.65. The molecule has 0 bridgehead atoms. The Morgan fingerprint density at radius 2 is 2.29 bits per heavy atom. The summed E-state index contributed by atoms with van der Waals surface area (Å²) in [4.78, 5) is 0. The molecular formula is C11H10FNO. The zero-order valence-corrected chi connectivity index (χ0v) is 7.83. The van der Waals surface area contributed by atoms with E-state index < -0.39 is 0 Å². The van der Waals surface area contributed by atoms with Crippen molar-refractivity contribution >= 4 is 6.08 Å². The maximum absolute atomic E-state index is 12.9. The summed E-state index contributed by atoms with van der Waals surface area (Å²) in [6.07, 6.45) is 3.68. The lowest BCUT2D eigenvalue weighted by Gasteiger charge is -2.01. The minimum atomic E-state index is -0.346. The number of rotatable bonds is 3. The molecule has 1 aromatic carbocycles. The van der Waals surface area contributed by atoms with Crippen molar-refractivity contribution in [3.8, 4) is 11.8 Å². The summed E-state index contributed by atoms with van der Waals surface area (Å²) in [5.41, 5.74) is 0.692. The molecule has 14 heavy (non-hydrogen) atoms. The van der Waals surface area contributed by atoms with Crippen LogP contribution in [0.5, 0.6) is 5.75 Å². The van der Waals surface area contributed by atoms with Gasteiger partial charge in [-0.3, -0.25) is 0 Å². The van der Waals surface area contributed by atoms with E-state index in [0.717, 1.165) is 0 Å². The predicted octanol–water partition coefficient (Wildman–Crippen LogP) is 2.76. The van der Waals surface area contributed by atoms with Crippen LogP contribution in [0.2, 0.25) is 0 Å². The number of nitriles is 1. The topological polar surface area (TPSA) is 33.0 Å². The number of hydrogen-bond donors (Lipinski definition) is 0. The average Bonchev–Trinajstić information content (AvgIpc) is 2.17. The summed E-state index contributed by atoms with van der Waals surface area (Å²) < 4.78 is 17.8. The van der Waals surface area contributed by atoms with E-state index in [1.54, 1.807) is 18.2 Å². The average molecular weight is 191 g/mol. The molecule has 0 spiro atoms. The Morgan fingerprint density at radius 1 is 1.50 bits per heavy atom. The molecule has 0 aliphatic carbocycles. The summed E-state index contributed by atoms with van der Waals surface area (Å²) in [6, 6.07) is 6.37. The van der Waals surface area contributed by atoms with E-state index in [2.05, 4.69) is 0 Å². The van der Waals surface area contributed by atoms with E-state index in [9.17, 15) is 4.39 Å². The van der Waals surface area contributed by atoms with E-state index in [0.29, 0.717) is 17.7 Å². The monoisotopic (exact) mass is 191 g/mol. The van der Waals surface area contributed by atoms with Crippen LogP contribution in [-0.2, 0) is 0 Å². The van der Waals surface area contributed by atoms with Gasteiger partial charge in [0.05, 0.1) is 19.6 Å². The lowest BCUT2D eigenvalue weighted by molar-refractivity contribution is 0.411. The molecule has 0 aliphatic heterocycles. The molecule has 0 unspecified atom stereocenters. The Kier molecular flexibility index (Phi) is 3.69. The van der Waals surface area contributed by atoms with Crippen molar-refractivity contribution in [3.63, 3.8) is 0 Å². The van der Waals surface area contributed by atoms with Crippen LogP contribution in [-0.4, -0.2) is 7.11 Å². The minimum absolute atomic E-state index is 0.318. The van der Waals surface area contributed by atoms with Crippen LogP contribution < -0.4 is 4.74 Å². The van der Waals surface area contributed by atoms with Crippen molar-refractivity contribution in [1.82, 2.24) is 0 Å². The van der Waals surface area contributed by atoms with Gasteiger partial charge in [0.2, 0.25) is 0 Å². The maximum Gasteiger partial charge on any atom is 0.127 e. The van der Waals surface area contributed by atoms with Crippen LogP contribution in [0.3, 0.4) is 0 Å². The molecule has 0 amide bonds. The third kappa shape index (κ3) is 2.91. The standard InChI is InChI=1S/C11H10FNO/c1-14-11-7-9(4-2-3-5-13)6-10(12)8-11/h2,4,6-8H,3H2,1H3. The summed E-state index contributed by atoms with van der Waals surface area (Å²) in [7, 11) is 1.48. The molecule has 72 valence electrons. The summed E-state index contributed by atoms with van der Waals surface area (Å²) in [5, 5.41) is 8.30. The second-order valence-electron chi connectivity index (χ2n) is 2.69. The Balaban J connectivity index is 2.87. The highest BCUT2D eigenvalue weighted by molar-refractivity contribution is 5.52. The number of methoxy groups -OCH3 is 1. The fourth-order valence-electron chi connectivity index (χ4n) is 1.05. The molecule has 1 aromatic rings. The molecule has 0 saturated carbocycles. The van der Waals surface area contributed by atoms with Gasteiger partial charge in [-0.05, 0) is 17.7 Å². The highest BCUT2D eigenvalue weighted by Crippen LogP contribution is 2.16. The molecule has 0 fully saturated rings. The Hall–Kier alpha value is -1.82. The van der Waals surface area contributed by atoms with Crippen molar-refractivity contribution in [2.75, 3.05) is 7.11 Å². The fraction of sp³-hybridized carbons (Fsp3) is 0.182. The normalized spacial score (nSPS) is 10.1. The molecule has 0 heterocycles. The van der Waals surface area contributed by atoms with Gasteiger partial charge in [0.15, 0.2) is 0 Å². The molecule has 0 aliphatic rings. The molecule has 3 heteroatoms. The molecule has 0 N–H and O–H groups in total. The van der Waals surface area contributed by atoms with Crippen LogP contribution in [0, 0.1) is 17.1 Å². The van der Waals surface area contributed by atoms with Crippen LogP contribution in [0.25, 0.3) is 6.08 Å². The molecule has 0 atom stereocenters. The first-order chi connectivity index (χ1) is 6.76. The quantitative estimate of drug-likeness (QED) is 0.735. The lowest BCUT2D eigenvalue weighted by atomic mass is 10.2. The summed E-state index contributed by atoms with van der Waals surface area (Å²) >= 11 is 0. The Morgan fingerprint density at radius 3 is 2.93 bits per heavy atom. The molecular weight excluding hydrogens is 181 g/mol. The second-order valence-corrected chi connectivity index (χ2v) is 2.69. The molecule has 2 nitrogen and oxygen atoms in total. The first-order valence-corrected chi connectivity index (χ1v) is 4.14. The highest BCUT2D eigenvalue weighted by Gasteiger charge is 1.97.